The average molecular weight is 304 g/mol. The molecule has 0 saturated carbocycles. The van der Waals surface area contributed by atoms with Gasteiger partial charge >= 0.3 is 0 Å². The number of hydrogen-bond acceptors (Lipinski definition) is 4. The molecule has 2 N–H and O–H groups in total. The van der Waals surface area contributed by atoms with Crippen molar-refractivity contribution in [1.29, 1.82) is 0 Å². The summed E-state index contributed by atoms with van der Waals surface area (Å²) in [5.74, 6) is 0.794. The van der Waals surface area contributed by atoms with Crippen molar-refractivity contribution in [2.75, 3.05) is 20.8 Å². The van der Waals surface area contributed by atoms with Gasteiger partial charge in [-0.2, -0.15) is 0 Å². The fourth-order valence-corrected chi connectivity index (χ4v) is 2.46. The standard InChI is InChI=1S/C16H20N2O4/c1-4-5-10-6-11(7-13(21-2)15(10)22-3)16(20)18-12-8-14(19)17-9-12/h4,6-7,12H,1,5,8-9H2,2-3H3,(H,17,19)(H,18,20). The predicted molar refractivity (Wildman–Crippen MR) is 82.3 cm³/mol. The first kappa shape index (κ1) is 15.9. The maximum Gasteiger partial charge on any atom is 0.251 e. The molecule has 1 saturated heterocycles. The molecule has 0 radical (unpaired) electrons. The van der Waals surface area contributed by atoms with Gasteiger partial charge in [0, 0.05) is 24.1 Å². The molecule has 0 aliphatic carbocycles. The van der Waals surface area contributed by atoms with E-state index in [1.54, 1.807) is 25.3 Å². The van der Waals surface area contributed by atoms with Crippen molar-refractivity contribution < 1.29 is 19.1 Å². The summed E-state index contributed by atoms with van der Waals surface area (Å²) >= 11 is 0. The summed E-state index contributed by atoms with van der Waals surface area (Å²) in [7, 11) is 3.08. The molecule has 1 heterocycles. The van der Waals surface area contributed by atoms with Crippen LogP contribution in [0.15, 0.2) is 24.8 Å². The fraction of sp³-hybridized carbons (Fsp3) is 0.375. The number of rotatable bonds is 6. The first-order valence-electron chi connectivity index (χ1n) is 7.02. The summed E-state index contributed by atoms with van der Waals surface area (Å²) in [6.07, 6.45) is 2.60. The highest BCUT2D eigenvalue weighted by Crippen LogP contribution is 2.33. The van der Waals surface area contributed by atoms with Crippen molar-refractivity contribution in [3.8, 4) is 11.5 Å². The molecule has 2 rings (SSSR count). The second-order valence-electron chi connectivity index (χ2n) is 5.04. The highest BCUT2D eigenvalue weighted by Gasteiger charge is 2.24. The van der Waals surface area contributed by atoms with E-state index in [2.05, 4.69) is 17.2 Å². The Kier molecular flexibility index (Phi) is 5.04. The van der Waals surface area contributed by atoms with Crippen LogP contribution in [0.4, 0.5) is 0 Å². The van der Waals surface area contributed by atoms with Crippen molar-refractivity contribution in [3.63, 3.8) is 0 Å². The van der Waals surface area contributed by atoms with E-state index in [1.807, 2.05) is 0 Å². The third-order valence-corrected chi connectivity index (χ3v) is 3.49. The molecular formula is C16H20N2O4. The lowest BCUT2D eigenvalue weighted by molar-refractivity contribution is -0.119. The van der Waals surface area contributed by atoms with Gasteiger partial charge in [0.15, 0.2) is 11.5 Å². The zero-order valence-electron chi connectivity index (χ0n) is 12.8. The quantitative estimate of drug-likeness (QED) is 0.770. The molecule has 0 aromatic heterocycles. The molecule has 1 aliphatic heterocycles. The topological polar surface area (TPSA) is 76.7 Å². The van der Waals surface area contributed by atoms with Gasteiger partial charge in [0.05, 0.1) is 20.3 Å². The van der Waals surface area contributed by atoms with Crippen molar-refractivity contribution in [1.82, 2.24) is 10.6 Å². The first-order valence-corrected chi connectivity index (χ1v) is 7.02. The second-order valence-corrected chi connectivity index (χ2v) is 5.04. The maximum absolute atomic E-state index is 12.4. The number of carbonyl (C=O) groups is 2. The molecule has 0 bridgehead atoms. The first-order chi connectivity index (χ1) is 10.6. The van der Waals surface area contributed by atoms with Gasteiger partial charge in [0.2, 0.25) is 5.91 Å². The molecule has 2 amide bonds. The summed E-state index contributed by atoms with van der Waals surface area (Å²) in [5.41, 5.74) is 1.29. The molecule has 1 aliphatic rings. The number of allylic oxidation sites excluding steroid dienone is 1. The Balaban J connectivity index is 2.25. The van der Waals surface area contributed by atoms with Gasteiger partial charge < -0.3 is 20.1 Å². The summed E-state index contributed by atoms with van der Waals surface area (Å²) < 4.78 is 10.6. The molecule has 118 valence electrons. The van der Waals surface area contributed by atoms with Gasteiger partial charge in [0.25, 0.3) is 5.91 Å². The van der Waals surface area contributed by atoms with Crippen LogP contribution in [0.3, 0.4) is 0 Å². The van der Waals surface area contributed by atoms with Crippen molar-refractivity contribution >= 4 is 11.8 Å². The molecule has 6 heteroatoms. The minimum absolute atomic E-state index is 0.0510. The van der Waals surface area contributed by atoms with Gasteiger partial charge in [0.1, 0.15) is 0 Å². The zero-order valence-corrected chi connectivity index (χ0v) is 12.8. The minimum Gasteiger partial charge on any atom is -0.493 e. The Bertz CT molecular complexity index is 598. The van der Waals surface area contributed by atoms with E-state index in [1.165, 1.54) is 7.11 Å². The Morgan fingerprint density at radius 1 is 1.45 bits per heavy atom. The summed E-state index contributed by atoms with van der Waals surface area (Å²) in [6, 6.07) is 3.20. The fourth-order valence-electron chi connectivity index (χ4n) is 2.46. The number of amides is 2. The van der Waals surface area contributed by atoms with E-state index >= 15 is 0 Å². The van der Waals surface area contributed by atoms with E-state index in [4.69, 9.17) is 9.47 Å². The van der Waals surface area contributed by atoms with E-state index in [0.717, 1.165) is 5.56 Å². The monoisotopic (exact) mass is 304 g/mol. The third kappa shape index (κ3) is 3.39. The van der Waals surface area contributed by atoms with Crippen LogP contribution < -0.4 is 20.1 Å². The maximum atomic E-state index is 12.4. The van der Waals surface area contributed by atoms with E-state index in [-0.39, 0.29) is 17.9 Å². The summed E-state index contributed by atoms with van der Waals surface area (Å²) in [5, 5.41) is 5.53. The van der Waals surface area contributed by atoms with Crippen LogP contribution in [0, 0.1) is 0 Å². The Labute approximate surface area is 129 Å². The van der Waals surface area contributed by atoms with E-state index < -0.39 is 0 Å². The molecule has 1 atom stereocenters. The van der Waals surface area contributed by atoms with Crippen molar-refractivity contribution in [3.05, 3.63) is 35.9 Å². The molecule has 22 heavy (non-hydrogen) atoms. The zero-order chi connectivity index (χ0) is 16.1. The normalized spacial score (nSPS) is 16.8. The number of nitrogens with one attached hydrogen (secondary N) is 2. The summed E-state index contributed by atoms with van der Waals surface area (Å²) in [6.45, 7) is 4.17. The highest BCUT2D eigenvalue weighted by molar-refractivity contribution is 5.96. The number of benzene rings is 1. The van der Waals surface area contributed by atoms with Gasteiger partial charge in [-0.15, -0.1) is 6.58 Å². The van der Waals surface area contributed by atoms with Crippen LogP contribution in [0.25, 0.3) is 0 Å². The Morgan fingerprint density at radius 3 is 2.77 bits per heavy atom. The lowest BCUT2D eigenvalue weighted by Gasteiger charge is -2.15. The highest BCUT2D eigenvalue weighted by atomic mass is 16.5. The molecule has 1 aromatic carbocycles. The van der Waals surface area contributed by atoms with Gasteiger partial charge in [-0.3, -0.25) is 9.59 Å². The van der Waals surface area contributed by atoms with Crippen LogP contribution in [0.1, 0.15) is 22.3 Å². The minimum atomic E-state index is -0.243. The molecular weight excluding hydrogens is 284 g/mol. The average Bonchev–Trinajstić information content (AvgIpc) is 2.91. The van der Waals surface area contributed by atoms with Gasteiger partial charge in [-0.05, 0) is 18.6 Å². The molecule has 1 aromatic rings. The van der Waals surface area contributed by atoms with Crippen LogP contribution in [0.5, 0.6) is 11.5 Å². The number of methoxy groups -OCH3 is 2. The third-order valence-electron chi connectivity index (χ3n) is 3.49. The number of hydrogen-bond donors (Lipinski definition) is 2. The van der Waals surface area contributed by atoms with E-state index in [9.17, 15) is 9.59 Å². The molecule has 1 unspecified atom stereocenters. The number of carbonyl (C=O) groups excluding carboxylic acids is 2. The lowest BCUT2D eigenvalue weighted by Crippen LogP contribution is -2.36. The smallest absolute Gasteiger partial charge is 0.251 e. The van der Waals surface area contributed by atoms with Crippen molar-refractivity contribution in [2.24, 2.45) is 0 Å². The van der Waals surface area contributed by atoms with E-state index in [0.29, 0.717) is 36.4 Å². The van der Waals surface area contributed by atoms with Gasteiger partial charge in [-0.1, -0.05) is 6.08 Å². The largest absolute Gasteiger partial charge is 0.493 e. The number of ether oxygens (including phenoxy) is 2. The Morgan fingerprint density at radius 2 is 2.23 bits per heavy atom. The Hall–Kier alpha value is -2.50. The molecule has 0 spiro atoms. The summed E-state index contributed by atoms with van der Waals surface area (Å²) in [4.78, 5) is 23.5. The lowest BCUT2D eigenvalue weighted by atomic mass is 10.0. The molecule has 1 fully saturated rings. The van der Waals surface area contributed by atoms with Crippen LogP contribution in [0.2, 0.25) is 0 Å². The SMILES string of the molecule is C=CCc1cc(C(=O)NC2CNC(=O)C2)cc(OC)c1OC. The van der Waals surface area contributed by atoms with Gasteiger partial charge in [-0.25, -0.2) is 0 Å². The van der Waals surface area contributed by atoms with Crippen LogP contribution >= 0.6 is 0 Å². The predicted octanol–water partition coefficient (Wildman–Crippen LogP) is 1.05. The molecule has 6 nitrogen and oxygen atoms in total. The van der Waals surface area contributed by atoms with Crippen LogP contribution in [-0.2, 0) is 11.2 Å². The second kappa shape index (κ2) is 6.98. The van der Waals surface area contributed by atoms with Crippen LogP contribution in [-0.4, -0.2) is 38.6 Å². The van der Waals surface area contributed by atoms with Crippen molar-refractivity contribution in [2.45, 2.75) is 18.9 Å².